The molecule has 0 aromatic rings. The largest absolute Gasteiger partial charge is 0.444 e. The zero-order valence-corrected chi connectivity index (χ0v) is 21.2. The molecule has 2 amide bonds. The van der Waals surface area contributed by atoms with Crippen molar-refractivity contribution in [3.05, 3.63) is 0 Å². The SMILES string of the molecule is CCNC(=NCC1(C(=O)N(C)C)CCCC1)NCCCNC(=O)OC(C)(C)C.I. The van der Waals surface area contributed by atoms with Gasteiger partial charge in [-0.1, -0.05) is 12.8 Å². The molecule has 0 spiro atoms. The first-order chi connectivity index (χ1) is 13.1. The second kappa shape index (κ2) is 13.1. The van der Waals surface area contributed by atoms with Crippen LogP contribution < -0.4 is 16.0 Å². The lowest BCUT2D eigenvalue weighted by Crippen LogP contribution is -2.43. The highest BCUT2D eigenvalue weighted by molar-refractivity contribution is 14.0. The predicted octanol–water partition coefficient (Wildman–Crippen LogP) is 2.72. The van der Waals surface area contributed by atoms with E-state index >= 15 is 0 Å². The van der Waals surface area contributed by atoms with Crippen molar-refractivity contribution in [1.82, 2.24) is 20.9 Å². The summed E-state index contributed by atoms with van der Waals surface area (Å²) in [4.78, 5) is 30.7. The van der Waals surface area contributed by atoms with Crippen LogP contribution >= 0.6 is 24.0 Å². The number of alkyl carbamates (subject to hydrolysis) is 1. The fourth-order valence-corrected chi connectivity index (χ4v) is 3.34. The number of aliphatic imine (C=N–C) groups is 1. The first-order valence-corrected chi connectivity index (χ1v) is 10.3. The number of hydrogen-bond donors (Lipinski definition) is 3. The number of amides is 2. The molecule has 1 aliphatic carbocycles. The molecule has 0 saturated heterocycles. The van der Waals surface area contributed by atoms with Gasteiger partial charge in [0.1, 0.15) is 5.60 Å². The number of carbonyl (C=O) groups excluding carboxylic acids is 2. The smallest absolute Gasteiger partial charge is 0.407 e. The summed E-state index contributed by atoms with van der Waals surface area (Å²) in [5, 5.41) is 9.24. The topological polar surface area (TPSA) is 95.1 Å². The van der Waals surface area contributed by atoms with Crippen molar-refractivity contribution in [2.75, 3.05) is 40.3 Å². The van der Waals surface area contributed by atoms with Crippen LogP contribution in [0.25, 0.3) is 0 Å². The second-order valence-corrected chi connectivity index (χ2v) is 8.59. The molecule has 29 heavy (non-hydrogen) atoms. The minimum Gasteiger partial charge on any atom is -0.444 e. The molecular formula is C20H40IN5O3. The molecule has 8 nitrogen and oxygen atoms in total. The van der Waals surface area contributed by atoms with Gasteiger partial charge in [-0.3, -0.25) is 9.79 Å². The van der Waals surface area contributed by atoms with E-state index in [1.165, 1.54) is 0 Å². The van der Waals surface area contributed by atoms with E-state index in [-0.39, 0.29) is 35.3 Å². The second-order valence-electron chi connectivity index (χ2n) is 8.59. The number of nitrogens with one attached hydrogen (secondary N) is 3. The van der Waals surface area contributed by atoms with Gasteiger partial charge in [-0.25, -0.2) is 4.79 Å². The Morgan fingerprint density at radius 1 is 1.07 bits per heavy atom. The van der Waals surface area contributed by atoms with Gasteiger partial charge in [0.2, 0.25) is 5.91 Å². The van der Waals surface area contributed by atoms with Crippen LogP contribution in [-0.4, -0.2) is 68.7 Å². The van der Waals surface area contributed by atoms with Gasteiger partial charge in [-0.05, 0) is 47.0 Å². The summed E-state index contributed by atoms with van der Waals surface area (Å²) in [7, 11) is 3.63. The summed E-state index contributed by atoms with van der Waals surface area (Å²) < 4.78 is 5.21. The molecule has 1 saturated carbocycles. The maximum Gasteiger partial charge on any atom is 0.407 e. The fourth-order valence-electron chi connectivity index (χ4n) is 3.34. The lowest BCUT2D eigenvalue weighted by molar-refractivity contribution is -0.138. The van der Waals surface area contributed by atoms with E-state index in [0.717, 1.165) is 38.6 Å². The summed E-state index contributed by atoms with van der Waals surface area (Å²) >= 11 is 0. The molecule has 0 radical (unpaired) electrons. The van der Waals surface area contributed by atoms with Gasteiger partial charge in [-0.15, -0.1) is 24.0 Å². The maximum absolute atomic E-state index is 12.7. The van der Waals surface area contributed by atoms with E-state index in [4.69, 9.17) is 4.74 Å². The van der Waals surface area contributed by atoms with Crippen LogP contribution in [0, 0.1) is 5.41 Å². The van der Waals surface area contributed by atoms with Gasteiger partial charge in [0.25, 0.3) is 0 Å². The van der Waals surface area contributed by atoms with Gasteiger partial charge in [0, 0.05) is 33.7 Å². The van der Waals surface area contributed by atoms with Crippen molar-refractivity contribution >= 4 is 41.9 Å². The van der Waals surface area contributed by atoms with E-state index in [9.17, 15) is 9.59 Å². The number of nitrogens with zero attached hydrogens (tertiary/aromatic N) is 2. The van der Waals surface area contributed by atoms with Crippen LogP contribution in [0.15, 0.2) is 4.99 Å². The zero-order chi connectivity index (χ0) is 21.2. The summed E-state index contributed by atoms with van der Waals surface area (Å²) in [5.41, 5.74) is -0.864. The first-order valence-electron chi connectivity index (χ1n) is 10.3. The number of rotatable bonds is 8. The Labute approximate surface area is 193 Å². The maximum atomic E-state index is 12.7. The third kappa shape index (κ3) is 10.4. The summed E-state index contributed by atoms with van der Waals surface area (Å²) in [5.74, 6) is 0.878. The Kier molecular flexibility index (Phi) is 12.6. The Hall–Kier alpha value is -1.26. The minimum absolute atomic E-state index is 0. The Bertz CT molecular complexity index is 541. The molecule has 0 aromatic carbocycles. The molecule has 170 valence electrons. The van der Waals surface area contributed by atoms with Crippen LogP contribution in [0.4, 0.5) is 4.79 Å². The fraction of sp³-hybridized carbons (Fsp3) is 0.850. The summed E-state index contributed by atoms with van der Waals surface area (Å²) in [6, 6.07) is 0. The standard InChI is InChI=1S/C20H39N5O3.HI/c1-7-21-17(22-13-10-14-23-18(27)28-19(2,3)4)24-15-20(11-8-9-12-20)16(26)25(5)6;/h7-15H2,1-6H3,(H,23,27)(H2,21,22,24);1H. The molecule has 0 aliphatic heterocycles. The predicted molar refractivity (Wildman–Crippen MR) is 128 cm³/mol. The van der Waals surface area contributed by atoms with E-state index in [0.29, 0.717) is 25.6 Å². The van der Waals surface area contributed by atoms with Gasteiger partial charge >= 0.3 is 6.09 Å². The van der Waals surface area contributed by atoms with Crippen LogP contribution in [-0.2, 0) is 9.53 Å². The number of halogens is 1. The van der Waals surface area contributed by atoms with Crippen molar-refractivity contribution in [3.63, 3.8) is 0 Å². The normalized spacial score (nSPS) is 15.9. The molecule has 0 atom stereocenters. The van der Waals surface area contributed by atoms with Crippen molar-refractivity contribution in [3.8, 4) is 0 Å². The third-order valence-corrected chi connectivity index (χ3v) is 4.62. The van der Waals surface area contributed by atoms with Crippen LogP contribution in [0.2, 0.25) is 0 Å². The van der Waals surface area contributed by atoms with E-state index in [1.807, 2.05) is 41.8 Å². The average molecular weight is 525 g/mol. The minimum atomic E-state index is -0.493. The van der Waals surface area contributed by atoms with Crippen LogP contribution in [0.3, 0.4) is 0 Å². The average Bonchev–Trinajstić information content (AvgIpc) is 3.07. The number of ether oxygens (including phenoxy) is 1. The van der Waals surface area contributed by atoms with Crippen molar-refractivity contribution in [2.24, 2.45) is 10.4 Å². The molecular weight excluding hydrogens is 485 g/mol. The van der Waals surface area contributed by atoms with Crippen LogP contribution in [0.1, 0.15) is 59.8 Å². The third-order valence-electron chi connectivity index (χ3n) is 4.62. The molecule has 0 unspecified atom stereocenters. The monoisotopic (exact) mass is 525 g/mol. The highest BCUT2D eigenvalue weighted by atomic mass is 127. The Morgan fingerprint density at radius 3 is 2.17 bits per heavy atom. The zero-order valence-electron chi connectivity index (χ0n) is 18.9. The first kappa shape index (κ1) is 27.7. The van der Waals surface area contributed by atoms with E-state index < -0.39 is 11.7 Å². The highest BCUT2D eigenvalue weighted by Gasteiger charge is 2.42. The van der Waals surface area contributed by atoms with Crippen molar-refractivity contribution in [2.45, 2.75) is 65.4 Å². The number of guanidine groups is 1. The van der Waals surface area contributed by atoms with Gasteiger partial charge in [0.05, 0.1) is 12.0 Å². The lowest BCUT2D eigenvalue weighted by Gasteiger charge is -2.29. The lowest BCUT2D eigenvalue weighted by atomic mass is 9.85. The van der Waals surface area contributed by atoms with Gasteiger partial charge < -0.3 is 25.6 Å². The molecule has 1 aliphatic rings. The molecule has 1 rings (SSSR count). The van der Waals surface area contributed by atoms with Gasteiger partial charge in [0.15, 0.2) is 5.96 Å². The number of carbonyl (C=O) groups is 2. The van der Waals surface area contributed by atoms with Crippen molar-refractivity contribution < 1.29 is 14.3 Å². The molecule has 3 N–H and O–H groups in total. The van der Waals surface area contributed by atoms with Crippen LogP contribution in [0.5, 0.6) is 0 Å². The Morgan fingerprint density at radius 2 is 1.66 bits per heavy atom. The summed E-state index contributed by atoms with van der Waals surface area (Å²) in [6.07, 6.45) is 4.29. The summed E-state index contributed by atoms with van der Waals surface area (Å²) in [6.45, 7) is 9.95. The van der Waals surface area contributed by atoms with E-state index in [1.54, 1.807) is 4.90 Å². The van der Waals surface area contributed by atoms with Gasteiger partial charge in [-0.2, -0.15) is 0 Å². The molecule has 0 bridgehead atoms. The number of hydrogen-bond acceptors (Lipinski definition) is 4. The quantitative estimate of drug-likeness (QED) is 0.196. The molecule has 9 heteroatoms. The van der Waals surface area contributed by atoms with Crippen molar-refractivity contribution in [1.29, 1.82) is 0 Å². The molecule has 0 heterocycles. The molecule has 0 aromatic heterocycles. The van der Waals surface area contributed by atoms with E-state index in [2.05, 4.69) is 20.9 Å². The molecule has 1 fully saturated rings. The highest BCUT2D eigenvalue weighted by Crippen LogP contribution is 2.39. The Balaban J connectivity index is 0.00000784.